The Morgan fingerprint density at radius 2 is 1.59 bits per heavy atom. The minimum atomic E-state index is 0.218. The van der Waals surface area contributed by atoms with Gasteiger partial charge in [0, 0.05) is 37.1 Å². The fraction of sp³-hybridized carbons (Fsp3) is 0.696. The fourth-order valence-corrected chi connectivity index (χ4v) is 4.58. The number of carbonyl (C=O) groups excluding carboxylic acids is 1. The van der Waals surface area contributed by atoms with Crippen LogP contribution in [-0.2, 0) is 11.3 Å². The fourth-order valence-electron chi connectivity index (χ4n) is 4.58. The van der Waals surface area contributed by atoms with Crippen LogP contribution in [0.25, 0.3) is 0 Å². The molecule has 2 heterocycles. The summed E-state index contributed by atoms with van der Waals surface area (Å²) in [6, 6.07) is 11.2. The second-order valence-electron chi connectivity index (χ2n) is 9.39. The van der Waals surface area contributed by atoms with E-state index in [0.717, 1.165) is 58.4 Å². The number of benzene rings is 1. The number of nitrogens with zero attached hydrogens (tertiary/aromatic N) is 3. The molecule has 3 rings (SSSR count). The van der Waals surface area contributed by atoms with Crippen molar-refractivity contribution in [2.24, 2.45) is 5.92 Å². The second-order valence-corrected chi connectivity index (χ2v) is 9.39. The van der Waals surface area contributed by atoms with E-state index in [1.807, 2.05) is 0 Å². The molecule has 0 unspecified atom stereocenters. The summed E-state index contributed by atoms with van der Waals surface area (Å²) >= 11 is 0. The van der Waals surface area contributed by atoms with Crippen LogP contribution in [0.4, 0.5) is 0 Å². The average molecular weight is 372 g/mol. The topological polar surface area (TPSA) is 26.8 Å². The van der Waals surface area contributed by atoms with E-state index in [4.69, 9.17) is 0 Å². The Labute approximate surface area is 165 Å². The molecule has 0 saturated carbocycles. The Kier molecular flexibility index (Phi) is 6.59. The molecule has 2 aliphatic rings. The SMILES string of the molecule is CN(Cc1ccccc1)C1CCN(C(=O)C2CCN(C(C)(C)C)CC2)CC1. The summed E-state index contributed by atoms with van der Waals surface area (Å²) in [6.07, 6.45) is 4.22. The number of rotatable bonds is 4. The van der Waals surface area contributed by atoms with Crippen LogP contribution in [0.15, 0.2) is 30.3 Å². The maximum absolute atomic E-state index is 13.0. The van der Waals surface area contributed by atoms with Gasteiger partial charge in [-0.05, 0) is 72.2 Å². The normalized spacial score (nSPS) is 21.0. The molecule has 4 heteroatoms. The van der Waals surface area contributed by atoms with Crippen LogP contribution in [-0.4, -0.2) is 65.4 Å². The van der Waals surface area contributed by atoms with E-state index in [9.17, 15) is 4.79 Å². The van der Waals surface area contributed by atoms with Gasteiger partial charge < -0.3 is 4.90 Å². The lowest BCUT2D eigenvalue weighted by Gasteiger charge is -2.42. The van der Waals surface area contributed by atoms with Crippen molar-refractivity contribution in [2.45, 2.75) is 64.6 Å². The quantitative estimate of drug-likeness (QED) is 0.809. The van der Waals surface area contributed by atoms with Crippen molar-refractivity contribution in [3.8, 4) is 0 Å². The van der Waals surface area contributed by atoms with E-state index < -0.39 is 0 Å². The molecule has 1 aromatic carbocycles. The third-order valence-corrected chi connectivity index (χ3v) is 6.47. The first-order valence-electron chi connectivity index (χ1n) is 10.6. The van der Waals surface area contributed by atoms with Gasteiger partial charge in [-0.1, -0.05) is 30.3 Å². The van der Waals surface area contributed by atoms with Gasteiger partial charge >= 0.3 is 0 Å². The summed E-state index contributed by atoms with van der Waals surface area (Å²) in [5.41, 5.74) is 1.58. The number of piperidine rings is 2. The summed E-state index contributed by atoms with van der Waals surface area (Å²) in [5.74, 6) is 0.648. The Morgan fingerprint density at radius 3 is 2.15 bits per heavy atom. The van der Waals surface area contributed by atoms with Crippen molar-refractivity contribution in [2.75, 3.05) is 33.2 Å². The molecule has 2 fully saturated rings. The molecule has 0 aromatic heterocycles. The molecular formula is C23H37N3O. The highest BCUT2D eigenvalue weighted by Crippen LogP contribution is 2.27. The van der Waals surface area contributed by atoms with Gasteiger partial charge in [-0.2, -0.15) is 0 Å². The first-order valence-corrected chi connectivity index (χ1v) is 10.6. The van der Waals surface area contributed by atoms with Crippen LogP contribution in [0.5, 0.6) is 0 Å². The van der Waals surface area contributed by atoms with E-state index in [0.29, 0.717) is 11.9 Å². The number of hydrogen-bond acceptors (Lipinski definition) is 3. The molecule has 2 saturated heterocycles. The lowest BCUT2D eigenvalue weighted by atomic mass is 9.91. The molecule has 0 spiro atoms. The molecule has 4 nitrogen and oxygen atoms in total. The van der Waals surface area contributed by atoms with Gasteiger partial charge in [-0.3, -0.25) is 14.6 Å². The number of likely N-dealkylation sites (tertiary alicyclic amines) is 2. The largest absolute Gasteiger partial charge is 0.342 e. The summed E-state index contributed by atoms with van der Waals surface area (Å²) in [7, 11) is 2.22. The van der Waals surface area contributed by atoms with Crippen molar-refractivity contribution in [1.29, 1.82) is 0 Å². The van der Waals surface area contributed by atoms with E-state index in [1.54, 1.807) is 0 Å². The van der Waals surface area contributed by atoms with Gasteiger partial charge in [0.1, 0.15) is 0 Å². The maximum Gasteiger partial charge on any atom is 0.225 e. The van der Waals surface area contributed by atoms with Gasteiger partial charge in [0.15, 0.2) is 0 Å². The van der Waals surface area contributed by atoms with E-state index >= 15 is 0 Å². The lowest BCUT2D eigenvalue weighted by molar-refractivity contribution is -0.139. The second kappa shape index (κ2) is 8.74. The van der Waals surface area contributed by atoms with Crippen molar-refractivity contribution < 1.29 is 4.79 Å². The molecule has 0 atom stereocenters. The maximum atomic E-state index is 13.0. The zero-order valence-electron chi connectivity index (χ0n) is 17.7. The summed E-state index contributed by atoms with van der Waals surface area (Å²) in [4.78, 5) is 20.1. The zero-order chi connectivity index (χ0) is 19.4. The van der Waals surface area contributed by atoms with E-state index in [-0.39, 0.29) is 11.5 Å². The van der Waals surface area contributed by atoms with E-state index in [2.05, 4.69) is 72.9 Å². The third-order valence-electron chi connectivity index (χ3n) is 6.47. The summed E-state index contributed by atoms with van der Waals surface area (Å²) in [6.45, 7) is 11.7. The predicted molar refractivity (Wildman–Crippen MR) is 112 cm³/mol. The molecule has 0 bridgehead atoms. The molecule has 1 amide bonds. The van der Waals surface area contributed by atoms with Crippen LogP contribution in [0, 0.1) is 5.92 Å². The molecule has 27 heavy (non-hydrogen) atoms. The highest BCUT2D eigenvalue weighted by atomic mass is 16.2. The average Bonchev–Trinajstić information content (AvgIpc) is 2.68. The van der Waals surface area contributed by atoms with Crippen molar-refractivity contribution in [3.63, 3.8) is 0 Å². The Morgan fingerprint density at radius 1 is 1.00 bits per heavy atom. The molecule has 150 valence electrons. The van der Waals surface area contributed by atoms with Gasteiger partial charge in [0.05, 0.1) is 0 Å². The third kappa shape index (κ3) is 5.32. The van der Waals surface area contributed by atoms with Gasteiger partial charge in [0.2, 0.25) is 5.91 Å². The van der Waals surface area contributed by atoms with Crippen molar-refractivity contribution in [1.82, 2.24) is 14.7 Å². The molecule has 0 N–H and O–H groups in total. The smallest absolute Gasteiger partial charge is 0.225 e. The van der Waals surface area contributed by atoms with Crippen LogP contribution in [0.1, 0.15) is 52.0 Å². The van der Waals surface area contributed by atoms with Gasteiger partial charge in [-0.25, -0.2) is 0 Å². The first kappa shape index (κ1) is 20.3. The molecular weight excluding hydrogens is 334 g/mol. The highest BCUT2D eigenvalue weighted by molar-refractivity contribution is 5.79. The van der Waals surface area contributed by atoms with E-state index in [1.165, 1.54) is 5.56 Å². The Balaban J connectivity index is 1.44. The molecule has 0 aliphatic carbocycles. The Hall–Kier alpha value is -1.39. The van der Waals surface area contributed by atoms with Crippen LogP contribution in [0.2, 0.25) is 0 Å². The van der Waals surface area contributed by atoms with Crippen LogP contribution in [0.3, 0.4) is 0 Å². The predicted octanol–water partition coefficient (Wildman–Crippen LogP) is 3.62. The van der Waals surface area contributed by atoms with Gasteiger partial charge in [0.25, 0.3) is 0 Å². The van der Waals surface area contributed by atoms with Crippen molar-refractivity contribution in [3.05, 3.63) is 35.9 Å². The zero-order valence-corrected chi connectivity index (χ0v) is 17.7. The molecule has 2 aliphatic heterocycles. The molecule has 1 aromatic rings. The van der Waals surface area contributed by atoms with Crippen molar-refractivity contribution >= 4 is 5.91 Å². The minimum absolute atomic E-state index is 0.218. The number of carbonyl (C=O) groups is 1. The standard InChI is InChI=1S/C23H37N3O/c1-23(2,3)26-16-10-20(11-17-26)22(27)25-14-12-21(13-15-25)24(4)18-19-8-6-5-7-9-19/h5-9,20-21H,10-18H2,1-4H3. The summed E-state index contributed by atoms with van der Waals surface area (Å²) < 4.78 is 0. The van der Waals surface area contributed by atoms with Crippen LogP contribution < -0.4 is 0 Å². The number of hydrogen-bond donors (Lipinski definition) is 0. The van der Waals surface area contributed by atoms with Gasteiger partial charge in [-0.15, -0.1) is 0 Å². The highest BCUT2D eigenvalue weighted by Gasteiger charge is 2.34. The first-order chi connectivity index (χ1) is 12.8. The van der Waals surface area contributed by atoms with Crippen LogP contribution >= 0.6 is 0 Å². The monoisotopic (exact) mass is 371 g/mol. The molecule has 0 radical (unpaired) electrons. The number of amides is 1. The lowest BCUT2D eigenvalue weighted by Crippen LogP contribution is -2.51. The Bertz CT molecular complexity index is 594. The minimum Gasteiger partial charge on any atom is -0.342 e. The summed E-state index contributed by atoms with van der Waals surface area (Å²) in [5, 5.41) is 0.